The highest BCUT2D eigenvalue weighted by Crippen LogP contribution is 2.28. The SMILES string of the molecule is CC(=O)Nc1nnc(Nc2cc3n(n2)CCN(C(C)c2ccc4scnc4c2)CC3)s1. The Morgan fingerprint density at radius 2 is 2.03 bits per heavy atom. The molecular formula is C20H22N8OS2. The van der Waals surface area contributed by atoms with Crippen molar-refractivity contribution >= 4 is 54.9 Å². The van der Waals surface area contributed by atoms with Gasteiger partial charge in [0.05, 0.1) is 22.3 Å². The van der Waals surface area contributed by atoms with Crippen LogP contribution in [0.5, 0.6) is 0 Å². The van der Waals surface area contributed by atoms with Crippen molar-refractivity contribution in [3.8, 4) is 0 Å². The van der Waals surface area contributed by atoms with Crippen molar-refractivity contribution in [1.29, 1.82) is 0 Å². The van der Waals surface area contributed by atoms with Crippen LogP contribution in [0.1, 0.15) is 31.1 Å². The van der Waals surface area contributed by atoms with Gasteiger partial charge >= 0.3 is 0 Å². The Labute approximate surface area is 187 Å². The summed E-state index contributed by atoms with van der Waals surface area (Å²) in [4.78, 5) is 18.1. The minimum Gasteiger partial charge on any atom is -0.313 e. The first kappa shape index (κ1) is 20.0. The van der Waals surface area contributed by atoms with Crippen LogP contribution in [0.15, 0.2) is 29.8 Å². The van der Waals surface area contributed by atoms with Gasteiger partial charge in [-0.25, -0.2) is 4.98 Å². The number of hydrogen-bond donors (Lipinski definition) is 2. The molecule has 1 unspecified atom stereocenters. The molecule has 4 heterocycles. The summed E-state index contributed by atoms with van der Waals surface area (Å²) in [7, 11) is 0. The van der Waals surface area contributed by atoms with E-state index in [1.165, 1.54) is 34.2 Å². The molecule has 0 fully saturated rings. The van der Waals surface area contributed by atoms with Crippen molar-refractivity contribution in [2.24, 2.45) is 0 Å². The predicted molar refractivity (Wildman–Crippen MR) is 123 cm³/mol. The van der Waals surface area contributed by atoms with Gasteiger partial charge in [-0.3, -0.25) is 14.4 Å². The first-order valence-corrected chi connectivity index (χ1v) is 11.8. The Kier molecular flexibility index (Phi) is 5.38. The number of amides is 1. The summed E-state index contributed by atoms with van der Waals surface area (Å²) >= 11 is 2.96. The van der Waals surface area contributed by atoms with Gasteiger partial charge < -0.3 is 10.6 Å². The maximum atomic E-state index is 11.1. The van der Waals surface area contributed by atoms with Crippen molar-refractivity contribution in [3.63, 3.8) is 0 Å². The van der Waals surface area contributed by atoms with Crippen LogP contribution in [0, 0.1) is 0 Å². The van der Waals surface area contributed by atoms with Gasteiger partial charge in [-0.15, -0.1) is 21.5 Å². The number of thiazole rings is 1. The zero-order valence-corrected chi connectivity index (χ0v) is 18.8. The normalized spacial score (nSPS) is 15.4. The van der Waals surface area contributed by atoms with Crippen LogP contribution < -0.4 is 10.6 Å². The Bertz CT molecular complexity index is 1200. The minimum atomic E-state index is -0.165. The van der Waals surface area contributed by atoms with E-state index in [2.05, 4.69) is 66.6 Å². The Hall–Kier alpha value is -2.89. The second-order valence-corrected chi connectivity index (χ2v) is 9.37. The molecular weight excluding hydrogens is 432 g/mol. The molecule has 0 saturated carbocycles. The Morgan fingerprint density at radius 3 is 2.90 bits per heavy atom. The maximum Gasteiger partial charge on any atom is 0.223 e. The molecule has 0 spiro atoms. The quantitative estimate of drug-likeness (QED) is 0.474. The van der Waals surface area contributed by atoms with E-state index >= 15 is 0 Å². The lowest BCUT2D eigenvalue weighted by molar-refractivity contribution is -0.114. The van der Waals surface area contributed by atoms with Crippen molar-refractivity contribution in [2.75, 3.05) is 23.7 Å². The van der Waals surface area contributed by atoms with Gasteiger partial charge in [0.1, 0.15) is 0 Å². The molecule has 1 atom stereocenters. The number of anilines is 3. The molecule has 31 heavy (non-hydrogen) atoms. The van der Waals surface area contributed by atoms with Crippen molar-refractivity contribution in [3.05, 3.63) is 41.0 Å². The van der Waals surface area contributed by atoms with E-state index in [1.807, 2.05) is 5.51 Å². The van der Waals surface area contributed by atoms with E-state index in [0.29, 0.717) is 16.3 Å². The van der Waals surface area contributed by atoms with E-state index in [-0.39, 0.29) is 5.91 Å². The van der Waals surface area contributed by atoms with Crippen LogP contribution in [-0.4, -0.2) is 48.9 Å². The number of benzene rings is 1. The van der Waals surface area contributed by atoms with Crippen molar-refractivity contribution < 1.29 is 4.79 Å². The molecule has 3 aromatic heterocycles. The largest absolute Gasteiger partial charge is 0.313 e. The maximum absolute atomic E-state index is 11.1. The molecule has 9 nitrogen and oxygen atoms in total. The molecule has 160 valence electrons. The summed E-state index contributed by atoms with van der Waals surface area (Å²) in [5.74, 6) is 0.581. The fraction of sp³-hybridized carbons (Fsp3) is 0.350. The third-order valence-corrected chi connectivity index (χ3v) is 7.01. The molecule has 1 aromatic carbocycles. The molecule has 1 aliphatic heterocycles. The van der Waals surface area contributed by atoms with Gasteiger partial charge in [0.25, 0.3) is 0 Å². The third kappa shape index (κ3) is 4.29. The van der Waals surface area contributed by atoms with Crippen molar-refractivity contribution in [2.45, 2.75) is 32.9 Å². The number of nitrogens with one attached hydrogen (secondary N) is 2. The van der Waals surface area contributed by atoms with Gasteiger partial charge in [-0.2, -0.15) is 5.10 Å². The lowest BCUT2D eigenvalue weighted by Crippen LogP contribution is -2.30. The first-order valence-electron chi connectivity index (χ1n) is 10.1. The number of hydrogen-bond acceptors (Lipinski definition) is 9. The smallest absolute Gasteiger partial charge is 0.223 e. The topological polar surface area (TPSA) is 101 Å². The van der Waals surface area contributed by atoms with Gasteiger partial charge in [-0.05, 0) is 24.6 Å². The zero-order chi connectivity index (χ0) is 21.4. The van der Waals surface area contributed by atoms with E-state index < -0.39 is 0 Å². The van der Waals surface area contributed by atoms with E-state index in [0.717, 1.165) is 37.4 Å². The fourth-order valence-electron chi connectivity index (χ4n) is 3.82. The number of fused-ring (bicyclic) bond motifs is 2. The van der Waals surface area contributed by atoms with Crippen molar-refractivity contribution in [1.82, 2.24) is 29.9 Å². The standard InChI is InChI=1S/C20H22N8OS2/c1-12(14-3-4-17-16(9-14)21-11-30-17)27-6-5-15-10-18(26-28(15)8-7-27)23-20-25-24-19(31-20)22-13(2)29/h3-4,9-12H,5-8H2,1-2H3,(H,22,24,29)(H,23,25,26). The van der Waals surface area contributed by atoms with Crippen LogP contribution in [0.25, 0.3) is 10.2 Å². The van der Waals surface area contributed by atoms with Crippen LogP contribution in [-0.2, 0) is 17.8 Å². The molecule has 1 aliphatic rings. The number of aromatic nitrogens is 5. The number of carbonyl (C=O) groups is 1. The predicted octanol–water partition coefficient (Wildman–Crippen LogP) is 3.67. The summed E-state index contributed by atoms with van der Waals surface area (Å²) < 4.78 is 3.29. The second kappa shape index (κ2) is 8.33. The molecule has 11 heteroatoms. The van der Waals surface area contributed by atoms with Gasteiger partial charge in [0.15, 0.2) is 5.82 Å². The minimum absolute atomic E-state index is 0.165. The van der Waals surface area contributed by atoms with E-state index in [4.69, 9.17) is 5.10 Å². The van der Waals surface area contributed by atoms with Crippen LogP contribution in [0.4, 0.5) is 16.1 Å². The Morgan fingerprint density at radius 1 is 1.16 bits per heavy atom. The number of rotatable bonds is 5. The lowest BCUT2D eigenvalue weighted by Gasteiger charge is -2.27. The van der Waals surface area contributed by atoms with Crippen LogP contribution in [0.3, 0.4) is 0 Å². The zero-order valence-electron chi connectivity index (χ0n) is 17.2. The second-order valence-electron chi connectivity index (χ2n) is 7.50. The monoisotopic (exact) mass is 454 g/mol. The highest BCUT2D eigenvalue weighted by molar-refractivity contribution is 7.19. The number of carbonyl (C=O) groups excluding carboxylic acids is 1. The molecule has 4 aromatic rings. The lowest BCUT2D eigenvalue weighted by atomic mass is 10.1. The van der Waals surface area contributed by atoms with E-state index in [9.17, 15) is 4.79 Å². The summed E-state index contributed by atoms with van der Waals surface area (Å²) in [5, 5.41) is 19.6. The number of nitrogens with zero attached hydrogens (tertiary/aromatic N) is 6. The van der Waals surface area contributed by atoms with Gasteiger partial charge in [-0.1, -0.05) is 17.4 Å². The first-order chi connectivity index (χ1) is 15.0. The molecule has 0 aliphatic carbocycles. The van der Waals surface area contributed by atoms with Gasteiger partial charge in [0.2, 0.25) is 16.2 Å². The summed E-state index contributed by atoms with van der Waals surface area (Å²) in [6, 6.07) is 8.98. The highest BCUT2D eigenvalue weighted by Gasteiger charge is 2.21. The molecule has 0 radical (unpaired) electrons. The Balaban J connectivity index is 1.24. The molecule has 1 amide bonds. The molecule has 2 N–H and O–H groups in total. The summed E-state index contributed by atoms with van der Waals surface area (Å²) in [5.41, 5.74) is 5.47. The average molecular weight is 455 g/mol. The summed E-state index contributed by atoms with van der Waals surface area (Å²) in [6.45, 7) is 6.43. The third-order valence-electron chi connectivity index (χ3n) is 5.45. The summed E-state index contributed by atoms with van der Waals surface area (Å²) in [6.07, 6.45) is 0.922. The molecule has 0 saturated heterocycles. The highest BCUT2D eigenvalue weighted by atomic mass is 32.1. The van der Waals surface area contributed by atoms with Crippen LogP contribution in [0.2, 0.25) is 0 Å². The van der Waals surface area contributed by atoms with Gasteiger partial charge in [0, 0.05) is 44.2 Å². The van der Waals surface area contributed by atoms with Crippen LogP contribution >= 0.6 is 22.7 Å². The molecule has 5 rings (SSSR count). The van der Waals surface area contributed by atoms with E-state index in [1.54, 1.807) is 11.3 Å². The average Bonchev–Trinajstić information content (AvgIpc) is 3.45. The fourth-order valence-corrected chi connectivity index (χ4v) is 5.18. The molecule has 0 bridgehead atoms.